The Balaban J connectivity index is 3.93. The molecule has 16 heavy (non-hydrogen) atoms. The lowest BCUT2D eigenvalue weighted by molar-refractivity contribution is -0.111. The molecule has 0 rings (SSSR count). The normalized spacial score (nSPS) is 13.4. The van der Waals surface area contributed by atoms with Crippen molar-refractivity contribution in [2.24, 2.45) is 11.8 Å². The van der Waals surface area contributed by atoms with Crippen LogP contribution in [0, 0.1) is 11.8 Å². The molecule has 0 aromatic heterocycles. The number of carbonyl (C=O) groups excluding carboxylic acids is 2. The van der Waals surface area contributed by atoms with Crippen molar-refractivity contribution < 1.29 is 14.3 Å². The Morgan fingerprint density at radius 1 is 1.38 bits per heavy atom. The van der Waals surface area contributed by atoms with Gasteiger partial charge in [-0.15, -0.1) is 0 Å². The number of nitrogens with one attached hydrogen (secondary N) is 1. The minimum Gasteiger partial charge on any atom is -0.444 e. The molecule has 0 saturated carbocycles. The Kier molecular flexibility index (Phi) is 6.08. The molecule has 1 N–H and O–H groups in total. The third kappa shape index (κ3) is 8.26. The molecule has 4 nitrogen and oxygen atoms in total. The molecule has 4 heteroatoms. The summed E-state index contributed by atoms with van der Waals surface area (Å²) in [4.78, 5) is 22.1. The van der Waals surface area contributed by atoms with Crippen molar-refractivity contribution in [1.82, 2.24) is 5.32 Å². The summed E-state index contributed by atoms with van der Waals surface area (Å²) in [7, 11) is 0. The molecule has 0 aromatic carbocycles. The molecule has 0 fully saturated rings. The van der Waals surface area contributed by atoms with Crippen LogP contribution >= 0.6 is 0 Å². The van der Waals surface area contributed by atoms with E-state index in [0.717, 1.165) is 12.7 Å². The molecule has 0 saturated heterocycles. The fourth-order valence-corrected chi connectivity index (χ4v) is 1.32. The van der Waals surface area contributed by atoms with E-state index in [4.69, 9.17) is 4.74 Å². The highest BCUT2D eigenvalue weighted by atomic mass is 16.6. The first-order valence-electron chi connectivity index (χ1n) is 5.66. The second kappa shape index (κ2) is 6.51. The van der Waals surface area contributed by atoms with Gasteiger partial charge in [-0.2, -0.15) is 0 Å². The van der Waals surface area contributed by atoms with Crippen molar-refractivity contribution in [3.8, 4) is 0 Å². The average Bonchev–Trinajstić information content (AvgIpc) is 2.08. The van der Waals surface area contributed by atoms with Gasteiger partial charge in [-0.3, -0.25) is 0 Å². The number of carbonyl (C=O) groups is 2. The second-order valence-corrected chi connectivity index (χ2v) is 5.41. The largest absolute Gasteiger partial charge is 0.444 e. The summed E-state index contributed by atoms with van der Waals surface area (Å²) in [6, 6.07) is 0. The number of aldehydes is 1. The molecule has 0 aliphatic rings. The highest BCUT2D eigenvalue weighted by Crippen LogP contribution is 2.09. The standard InChI is InChI=1S/C12H23NO3/c1-9(2)6-10(8-14)7-13-11(15)16-12(3,4)5/h8-10H,6-7H2,1-5H3,(H,13,15)/t10-/m0/s1. The van der Waals surface area contributed by atoms with Gasteiger partial charge in [-0.05, 0) is 33.1 Å². The molecule has 0 heterocycles. The Morgan fingerprint density at radius 2 is 1.94 bits per heavy atom. The second-order valence-electron chi connectivity index (χ2n) is 5.41. The van der Waals surface area contributed by atoms with Crippen molar-refractivity contribution in [2.75, 3.05) is 6.54 Å². The third-order valence-corrected chi connectivity index (χ3v) is 1.87. The number of rotatable bonds is 5. The molecule has 0 aliphatic carbocycles. The molecular weight excluding hydrogens is 206 g/mol. The fraction of sp³-hybridized carbons (Fsp3) is 0.833. The maximum Gasteiger partial charge on any atom is 0.407 e. The Morgan fingerprint density at radius 3 is 2.31 bits per heavy atom. The van der Waals surface area contributed by atoms with E-state index in [1.54, 1.807) is 20.8 Å². The van der Waals surface area contributed by atoms with E-state index in [2.05, 4.69) is 5.32 Å². The molecule has 0 radical (unpaired) electrons. The summed E-state index contributed by atoms with van der Waals surface area (Å²) in [5.74, 6) is 0.308. The van der Waals surface area contributed by atoms with Gasteiger partial charge >= 0.3 is 6.09 Å². The molecule has 1 atom stereocenters. The van der Waals surface area contributed by atoms with Crippen LogP contribution in [0.1, 0.15) is 41.0 Å². The minimum absolute atomic E-state index is 0.132. The predicted octanol–water partition coefficient (Wildman–Crippen LogP) is 2.37. The van der Waals surface area contributed by atoms with Gasteiger partial charge in [-0.1, -0.05) is 13.8 Å². The van der Waals surface area contributed by atoms with Gasteiger partial charge in [0.1, 0.15) is 11.9 Å². The summed E-state index contributed by atoms with van der Waals surface area (Å²) < 4.78 is 5.07. The van der Waals surface area contributed by atoms with Crippen LogP contribution in [0.4, 0.5) is 4.79 Å². The van der Waals surface area contributed by atoms with Crippen LogP contribution in [0.2, 0.25) is 0 Å². The van der Waals surface area contributed by atoms with Crippen LogP contribution in [0.5, 0.6) is 0 Å². The van der Waals surface area contributed by atoms with Crippen LogP contribution in [-0.4, -0.2) is 24.5 Å². The molecule has 0 aromatic rings. The Labute approximate surface area is 97.7 Å². The van der Waals surface area contributed by atoms with Gasteiger partial charge in [0.25, 0.3) is 0 Å². The highest BCUT2D eigenvalue weighted by Gasteiger charge is 2.17. The van der Waals surface area contributed by atoms with Crippen molar-refractivity contribution in [3.63, 3.8) is 0 Å². The van der Waals surface area contributed by atoms with Crippen LogP contribution < -0.4 is 5.32 Å². The van der Waals surface area contributed by atoms with Crippen LogP contribution in [0.3, 0.4) is 0 Å². The SMILES string of the molecule is CC(C)C[C@H](C=O)CNC(=O)OC(C)(C)C. The van der Waals surface area contributed by atoms with Gasteiger partial charge in [0.2, 0.25) is 0 Å². The smallest absolute Gasteiger partial charge is 0.407 e. The maximum atomic E-state index is 11.3. The van der Waals surface area contributed by atoms with E-state index >= 15 is 0 Å². The topological polar surface area (TPSA) is 55.4 Å². The van der Waals surface area contributed by atoms with E-state index in [0.29, 0.717) is 12.5 Å². The molecule has 0 unspecified atom stereocenters. The number of hydrogen-bond donors (Lipinski definition) is 1. The first-order chi connectivity index (χ1) is 7.24. The van der Waals surface area contributed by atoms with E-state index in [9.17, 15) is 9.59 Å². The molecule has 0 bridgehead atoms. The van der Waals surface area contributed by atoms with Gasteiger partial charge in [0.05, 0.1) is 0 Å². The van der Waals surface area contributed by atoms with Gasteiger partial charge in [-0.25, -0.2) is 4.79 Å². The van der Waals surface area contributed by atoms with E-state index < -0.39 is 11.7 Å². The fourth-order valence-electron chi connectivity index (χ4n) is 1.32. The summed E-state index contributed by atoms with van der Waals surface area (Å²) in [6.07, 6.45) is 1.19. The zero-order valence-electron chi connectivity index (χ0n) is 10.9. The van der Waals surface area contributed by atoms with E-state index in [1.807, 2.05) is 13.8 Å². The lowest BCUT2D eigenvalue weighted by Crippen LogP contribution is -2.35. The number of ether oxygens (including phenoxy) is 1. The first-order valence-corrected chi connectivity index (χ1v) is 5.66. The van der Waals surface area contributed by atoms with Crippen LogP contribution in [-0.2, 0) is 9.53 Å². The first kappa shape index (κ1) is 14.9. The minimum atomic E-state index is -0.501. The van der Waals surface area contributed by atoms with Crippen molar-refractivity contribution in [3.05, 3.63) is 0 Å². The van der Waals surface area contributed by atoms with Gasteiger partial charge in [0.15, 0.2) is 0 Å². The predicted molar refractivity (Wildman–Crippen MR) is 63.2 cm³/mol. The van der Waals surface area contributed by atoms with Crippen molar-refractivity contribution >= 4 is 12.4 Å². The van der Waals surface area contributed by atoms with E-state index in [-0.39, 0.29) is 5.92 Å². The Bertz CT molecular complexity index is 231. The van der Waals surface area contributed by atoms with Crippen LogP contribution in [0.25, 0.3) is 0 Å². The van der Waals surface area contributed by atoms with Crippen molar-refractivity contribution in [2.45, 2.75) is 46.6 Å². The third-order valence-electron chi connectivity index (χ3n) is 1.87. The zero-order valence-corrected chi connectivity index (χ0v) is 10.9. The zero-order chi connectivity index (χ0) is 12.8. The molecule has 0 spiro atoms. The number of alkyl carbamates (subject to hydrolysis) is 1. The summed E-state index contributed by atoms with van der Waals surface area (Å²) in [5.41, 5.74) is -0.501. The number of amides is 1. The monoisotopic (exact) mass is 229 g/mol. The van der Waals surface area contributed by atoms with Crippen molar-refractivity contribution in [1.29, 1.82) is 0 Å². The summed E-state index contributed by atoms with van der Waals surface area (Å²) in [5, 5.41) is 2.60. The lowest BCUT2D eigenvalue weighted by Gasteiger charge is -2.20. The number of hydrogen-bond acceptors (Lipinski definition) is 3. The average molecular weight is 229 g/mol. The highest BCUT2D eigenvalue weighted by molar-refractivity contribution is 5.68. The molecular formula is C12H23NO3. The Hall–Kier alpha value is -1.06. The molecule has 0 aliphatic heterocycles. The van der Waals surface area contributed by atoms with Gasteiger partial charge < -0.3 is 14.8 Å². The molecule has 1 amide bonds. The summed E-state index contributed by atoms with van der Waals surface area (Å²) >= 11 is 0. The summed E-state index contributed by atoms with van der Waals surface area (Å²) in [6.45, 7) is 9.85. The lowest BCUT2D eigenvalue weighted by atomic mass is 9.98. The maximum absolute atomic E-state index is 11.3. The molecule has 94 valence electrons. The van der Waals surface area contributed by atoms with E-state index in [1.165, 1.54) is 0 Å². The van der Waals surface area contributed by atoms with Gasteiger partial charge in [0, 0.05) is 12.5 Å². The van der Waals surface area contributed by atoms with Crippen LogP contribution in [0.15, 0.2) is 0 Å². The quantitative estimate of drug-likeness (QED) is 0.736.